The van der Waals surface area contributed by atoms with Gasteiger partial charge in [-0.05, 0) is 38.0 Å². The summed E-state index contributed by atoms with van der Waals surface area (Å²) < 4.78 is 10.5. The van der Waals surface area contributed by atoms with E-state index in [4.69, 9.17) is 9.47 Å². The van der Waals surface area contributed by atoms with Crippen LogP contribution in [0, 0.1) is 0 Å². The molecule has 0 aromatic heterocycles. The Labute approximate surface area is 146 Å². The van der Waals surface area contributed by atoms with Gasteiger partial charge in [0.05, 0.1) is 43.4 Å². The van der Waals surface area contributed by atoms with E-state index in [1.54, 1.807) is 26.4 Å². The second-order valence-electron chi connectivity index (χ2n) is 6.45. The molecule has 0 aliphatic carbocycles. The minimum Gasteiger partial charge on any atom is -0.497 e. The van der Waals surface area contributed by atoms with Gasteiger partial charge < -0.3 is 19.3 Å². The fourth-order valence-corrected chi connectivity index (χ4v) is 4.10. The maximum Gasteiger partial charge on any atom is 0.333 e. The summed E-state index contributed by atoms with van der Waals surface area (Å²) in [5, 5.41) is 0. The number of benzene rings is 1. The van der Waals surface area contributed by atoms with E-state index in [-0.39, 0.29) is 24.0 Å². The Hall–Kier alpha value is -2.57. The molecule has 1 aromatic carbocycles. The molecule has 0 radical (unpaired) electrons. The molecule has 3 heterocycles. The number of carbonyl (C=O) groups excluding carboxylic acids is 2. The molecule has 2 unspecified atom stereocenters. The monoisotopic (exact) mass is 343 g/mol. The summed E-state index contributed by atoms with van der Waals surface area (Å²) in [5.74, 6) is 0.295. The van der Waals surface area contributed by atoms with Crippen LogP contribution in [0.3, 0.4) is 0 Å². The summed E-state index contributed by atoms with van der Waals surface area (Å²) in [6.07, 6.45) is 3.46. The van der Waals surface area contributed by atoms with Crippen LogP contribution in [0.25, 0.3) is 0 Å². The van der Waals surface area contributed by atoms with Crippen LogP contribution >= 0.6 is 0 Å². The van der Waals surface area contributed by atoms with Crippen LogP contribution in [0.15, 0.2) is 23.2 Å². The van der Waals surface area contributed by atoms with Gasteiger partial charge in [-0.15, -0.1) is 0 Å². The van der Waals surface area contributed by atoms with Crippen molar-refractivity contribution in [3.63, 3.8) is 0 Å². The number of fused-ring (bicyclic) bond motifs is 5. The topological polar surface area (TPSA) is 71.4 Å². The summed E-state index contributed by atoms with van der Waals surface area (Å²) >= 11 is 0. The standard InChI is InChI=1S/C18H21N3O4/c1-3-25-18(23)15-16-14-5-4-8-20(14)17(22)12-9-11(24-2)6-7-13(12)21(16)10-19-15/h6-7,9-10,14-16H,3-5,8H2,1-2H3/t14-,15?,16?/m0/s1. The summed E-state index contributed by atoms with van der Waals surface area (Å²) in [6, 6.07) is 4.57. The second kappa shape index (κ2) is 6.06. The lowest BCUT2D eigenvalue weighted by Crippen LogP contribution is -2.52. The first kappa shape index (κ1) is 15.9. The average Bonchev–Trinajstić information content (AvgIpc) is 3.25. The van der Waals surface area contributed by atoms with Crippen molar-refractivity contribution in [2.45, 2.75) is 37.9 Å². The highest BCUT2D eigenvalue weighted by Gasteiger charge is 2.50. The van der Waals surface area contributed by atoms with Crippen LogP contribution in [0.2, 0.25) is 0 Å². The fourth-order valence-electron chi connectivity index (χ4n) is 4.10. The Balaban J connectivity index is 1.81. The molecule has 3 aliphatic rings. The molecule has 0 saturated carbocycles. The predicted octanol–water partition coefficient (Wildman–Crippen LogP) is 1.46. The number of carbonyl (C=O) groups is 2. The highest BCUT2D eigenvalue weighted by atomic mass is 16.5. The molecule has 7 nitrogen and oxygen atoms in total. The molecule has 1 saturated heterocycles. The fraction of sp³-hybridized carbons (Fsp3) is 0.500. The van der Waals surface area contributed by atoms with Gasteiger partial charge in [-0.2, -0.15) is 0 Å². The molecule has 7 heteroatoms. The van der Waals surface area contributed by atoms with Crippen LogP contribution in [0.1, 0.15) is 30.1 Å². The van der Waals surface area contributed by atoms with Gasteiger partial charge in [0.25, 0.3) is 5.91 Å². The van der Waals surface area contributed by atoms with Crippen molar-refractivity contribution in [1.82, 2.24) is 4.90 Å². The van der Waals surface area contributed by atoms with Crippen LogP contribution < -0.4 is 9.64 Å². The molecule has 1 amide bonds. The number of aliphatic imine (C=N–C) groups is 1. The highest BCUT2D eigenvalue weighted by Crippen LogP contribution is 2.39. The molecule has 132 valence electrons. The predicted molar refractivity (Wildman–Crippen MR) is 92.2 cm³/mol. The van der Waals surface area contributed by atoms with E-state index in [1.165, 1.54) is 0 Å². The molecule has 1 aromatic rings. The Morgan fingerprint density at radius 1 is 1.40 bits per heavy atom. The van der Waals surface area contributed by atoms with Crippen molar-refractivity contribution >= 4 is 23.9 Å². The van der Waals surface area contributed by atoms with Crippen LogP contribution in [0.5, 0.6) is 5.75 Å². The van der Waals surface area contributed by atoms with Crippen molar-refractivity contribution in [3.05, 3.63) is 23.8 Å². The maximum atomic E-state index is 13.1. The zero-order valence-corrected chi connectivity index (χ0v) is 14.3. The number of hydrogen-bond donors (Lipinski definition) is 0. The van der Waals surface area contributed by atoms with E-state index in [9.17, 15) is 9.59 Å². The average molecular weight is 343 g/mol. The first-order valence-corrected chi connectivity index (χ1v) is 8.63. The number of esters is 1. The minimum absolute atomic E-state index is 0.0122. The van der Waals surface area contributed by atoms with Gasteiger partial charge in [0.15, 0.2) is 6.04 Å². The normalized spacial score (nSPS) is 26.8. The third-order valence-corrected chi connectivity index (χ3v) is 5.19. The number of ether oxygens (including phenoxy) is 2. The van der Waals surface area contributed by atoms with E-state index in [2.05, 4.69) is 4.99 Å². The van der Waals surface area contributed by atoms with Crippen molar-refractivity contribution < 1.29 is 19.1 Å². The van der Waals surface area contributed by atoms with Crippen LogP contribution in [-0.4, -0.2) is 61.5 Å². The largest absolute Gasteiger partial charge is 0.497 e. The van der Waals surface area contributed by atoms with Gasteiger partial charge in [0.1, 0.15) is 5.75 Å². The van der Waals surface area contributed by atoms with Gasteiger partial charge in [-0.1, -0.05) is 0 Å². The Kier molecular flexibility index (Phi) is 3.86. The SMILES string of the molecule is CCOC(=O)C1N=CN2c3ccc(OC)cc3C(=O)N3CCC[C@H]3C12. The van der Waals surface area contributed by atoms with Gasteiger partial charge >= 0.3 is 5.97 Å². The van der Waals surface area contributed by atoms with Gasteiger partial charge in [0.2, 0.25) is 0 Å². The summed E-state index contributed by atoms with van der Waals surface area (Å²) in [5.41, 5.74) is 1.35. The molecule has 1 fully saturated rings. The number of methoxy groups -OCH3 is 1. The van der Waals surface area contributed by atoms with Crippen LogP contribution in [0.4, 0.5) is 5.69 Å². The Morgan fingerprint density at radius 2 is 2.24 bits per heavy atom. The van der Waals surface area contributed by atoms with Gasteiger partial charge in [-0.3, -0.25) is 9.79 Å². The van der Waals surface area contributed by atoms with Crippen molar-refractivity contribution in [3.8, 4) is 5.75 Å². The van der Waals surface area contributed by atoms with E-state index in [0.29, 0.717) is 24.5 Å². The lowest BCUT2D eigenvalue weighted by atomic mass is 9.98. The van der Waals surface area contributed by atoms with Crippen LogP contribution in [-0.2, 0) is 9.53 Å². The number of rotatable bonds is 3. The first-order valence-electron chi connectivity index (χ1n) is 8.63. The minimum atomic E-state index is -0.605. The number of hydrogen-bond acceptors (Lipinski definition) is 6. The molecule has 0 spiro atoms. The maximum absolute atomic E-state index is 13.1. The van der Waals surface area contributed by atoms with Gasteiger partial charge in [-0.25, -0.2) is 4.79 Å². The first-order chi connectivity index (χ1) is 12.2. The third kappa shape index (κ3) is 2.37. The molecular weight excluding hydrogens is 322 g/mol. The summed E-state index contributed by atoms with van der Waals surface area (Å²) in [7, 11) is 1.58. The number of anilines is 1. The number of nitrogens with zero attached hydrogens (tertiary/aromatic N) is 3. The lowest BCUT2D eigenvalue weighted by Gasteiger charge is -2.33. The zero-order chi connectivity index (χ0) is 17.6. The van der Waals surface area contributed by atoms with Crippen molar-refractivity contribution in [2.75, 3.05) is 25.2 Å². The van der Waals surface area contributed by atoms with Crippen molar-refractivity contribution in [2.24, 2.45) is 4.99 Å². The summed E-state index contributed by atoms with van der Waals surface area (Å²) in [6.45, 7) is 2.80. The smallest absolute Gasteiger partial charge is 0.333 e. The van der Waals surface area contributed by atoms with Gasteiger partial charge in [0, 0.05) is 6.54 Å². The zero-order valence-electron chi connectivity index (χ0n) is 14.3. The van der Waals surface area contributed by atoms with E-state index in [0.717, 1.165) is 18.5 Å². The van der Waals surface area contributed by atoms with Crippen molar-refractivity contribution in [1.29, 1.82) is 0 Å². The third-order valence-electron chi connectivity index (χ3n) is 5.19. The molecule has 3 aliphatic heterocycles. The molecule has 0 bridgehead atoms. The summed E-state index contributed by atoms with van der Waals surface area (Å²) in [4.78, 5) is 33.8. The molecule has 25 heavy (non-hydrogen) atoms. The molecule has 3 atom stereocenters. The molecular formula is C18H21N3O4. The Bertz CT molecular complexity index is 748. The Morgan fingerprint density at radius 3 is 3.00 bits per heavy atom. The lowest BCUT2D eigenvalue weighted by molar-refractivity contribution is -0.145. The highest BCUT2D eigenvalue weighted by molar-refractivity contribution is 6.05. The second-order valence-corrected chi connectivity index (χ2v) is 6.45. The number of amides is 1. The quantitative estimate of drug-likeness (QED) is 0.777. The van der Waals surface area contributed by atoms with E-state index < -0.39 is 6.04 Å². The molecule has 0 N–H and O–H groups in total. The van der Waals surface area contributed by atoms with E-state index >= 15 is 0 Å². The molecule has 4 rings (SSSR count). The van der Waals surface area contributed by atoms with E-state index in [1.807, 2.05) is 21.9 Å².